The summed E-state index contributed by atoms with van der Waals surface area (Å²) in [6, 6.07) is 6.20. The molecule has 0 saturated heterocycles. The zero-order chi connectivity index (χ0) is 14.0. The summed E-state index contributed by atoms with van der Waals surface area (Å²) in [6.07, 6.45) is 1.80. The van der Waals surface area contributed by atoms with E-state index in [-0.39, 0.29) is 12.0 Å². The molecule has 1 aromatic rings. The summed E-state index contributed by atoms with van der Waals surface area (Å²) in [6.45, 7) is 9.80. The van der Waals surface area contributed by atoms with E-state index in [1.54, 1.807) is 7.11 Å². The molecule has 0 aromatic heterocycles. The highest BCUT2D eigenvalue weighted by molar-refractivity contribution is 5.71. The highest BCUT2D eigenvalue weighted by atomic mass is 16.5. The van der Waals surface area contributed by atoms with Crippen molar-refractivity contribution in [3.05, 3.63) is 36.0 Å². The Morgan fingerprint density at radius 3 is 2.68 bits per heavy atom. The second-order valence-corrected chi connectivity index (χ2v) is 5.54. The summed E-state index contributed by atoms with van der Waals surface area (Å²) in [5, 5.41) is 8.91. The first kappa shape index (κ1) is 13.9. The van der Waals surface area contributed by atoms with Gasteiger partial charge in [0.1, 0.15) is 5.75 Å². The lowest BCUT2D eigenvalue weighted by atomic mass is 9.84. The van der Waals surface area contributed by atoms with Gasteiger partial charge in [0.25, 0.3) is 0 Å². The number of hydrogen-bond acceptors (Lipinski definition) is 3. The van der Waals surface area contributed by atoms with E-state index in [0.29, 0.717) is 0 Å². The predicted molar refractivity (Wildman–Crippen MR) is 78.8 cm³/mol. The number of anilines is 1. The lowest BCUT2D eigenvalue weighted by Gasteiger charge is -2.25. The summed E-state index contributed by atoms with van der Waals surface area (Å²) >= 11 is 0. The van der Waals surface area contributed by atoms with Gasteiger partial charge in [0.2, 0.25) is 0 Å². The van der Waals surface area contributed by atoms with Gasteiger partial charge < -0.3 is 14.7 Å². The Morgan fingerprint density at radius 2 is 2.05 bits per heavy atom. The van der Waals surface area contributed by atoms with E-state index in [9.17, 15) is 0 Å². The van der Waals surface area contributed by atoms with Gasteiger partial charge in [-0.2, -0.15) is 0 Å². The fourth-order valence-corrected chi connectivity index (χ4v) is 2.65. The molecule has 0 bridgehead atoms. The number of aliphatic hydroxyl groups excluding tert-OH is 1. The van der Waals surface area contributed by atoms with E-state index < -0.39 is 0 Å². The first-order valence-corrected chi connectivity index (χ1v) is 6.78. The molecule has 1 aliphatic heterocycles. The quantitative estimate of drug-likeness (QED) is 0.827. The molecule has 0 spiro atoms. The Kier molecular flexibility index (Phi) is 3.85. The van der Waals surface area contributed by atoms with E-state index in [1.165, 1.54) is 11.3 Å². The van der Waals surface area contributed by atoms with Crippen molar-refractivity contribution >= 4 is 5.69 Å². The van der Waals surface area contributed by atoms with E-state index in [1.807, 2.05) is 6.07 Å². The van der Waals surface area contributed by atoms with Gasteiger partial charge in [-0.05, 0) is 36.6 Å². The number of fused-ring (bicyclic) bond motifs is 1. The summed E-state index contributed by atoms with van der Waals surface area (Å²) in [4.78, 5) is 2.27. The van der Waals surface area contributed by atoms with Crippen LogP contribution in [0.25, 0.3) is 0 Å². The topological polar surface area (TPSA) is 32.7 Å². The zero-order valence-corrected chi connectivity index (χ0v) is 12.1. The minimum absolute atomic E-state index is 0.0664. The Bertz CT molecular complexity index is 480. The van der Waals surface area contributed by atoms with Gasteiger partial charge in [-0.25, -0.2) is 0 Å². The van der Waals surface area contributed by atoms with Gasteiger partial charge in [0.15, 0.2) is 0 Å². The van der Waals surface area contributed by atoms with Crippen LogP contribution in [0.15, 0.2) is 30.5 Å². The lowest BCUT2D eigenvalue weighted by molar-refractivity contribution is 0.285. The normalized spacial score (nSPS) is 16.6. The molecule has 2 rings (SSSR count). The molecule has 0 fully saturated rings. The maximum Gasteiger partial charge on any atom is 0.119 e. The number of unbranched alkanes of at least 4 members (excludes halogenated alkanes) is 1. The molecule has 0 atom stereocenters. The van der Waals surface area contributed by atoms with Gasteiger partial charge >= 0.3 is 0 Å². The third kappa shape index (κ3) is 2.35. The number of ether oxygens (including phenoxy) is 1. The van der Waals surface area contributed by atoms with Crippen LogP contribution in [0, 0.1) is 0 Å². The summed E-state index contributed by atoms with van der Waals surface area (Å²) < 4.78 is 5.32. The molecule has 1 heterocycles. The van der Waals surface area contributed by atoms with Crippen LogP contribution in [0.1, 0.15) is 32.3 Å². The van der Waals surface area contributed by atoms with E-state index >= 15 is 0 Å². The van der Waals surface area contributed by atoms with Crippen molar-refractivity contribution < 1.29 is 9.84 Å². The average molecular weight is 261 g/mol. The highest BCUT2D eigenvalue weighted by Gasteiger charge is 2.38. The second-order valence-electron chi connectivity index (χ2n) is 5.54. The van der Waals surface area contributed by atoms with Crippen LogP contribution in [-0.4, -0.2) is 25.4 Å². The first-order valence-electron chi connectivity index (χ1n) is 6.78. The van der Waals surface area contributed by atoms with Crippen LogP contribution >= 0.6 is 0 Å². The van der Waals surface area contributed by atoms with Crippen molar-refractivity contribution in [1.82, 2.24) is 0 Å². The number of rotatable bonds is 5. The van der Waals surface area contributed by atoms with Gasteiger partial charge in [-0.1, -0.05) is 20.4 Å². The number of benzene rings is 1. The maximum atomic E-state index is 8.91. The fraction of sp³-hybridized carbons (Fsp3) is 0.500. The predicted octanol–water partition coefficient (Wildman–Crippen LogP) is 3.08. The van der Waals surface area contributed by atoms with Crippen molar-refractivity contribution in [2.75, 3.05) is 25.2 Å². The van der Waals surface area contributed by atoms with Crippen LogP contribution in [0.4, 0.5) is 5.69 Å². The summed E-state index contributed by atoms with van der Waals surface area (Å²) in [5.41, 5.74) is 3.53. The Balaban J connectivity index is 2.33. The molecule has 1 N–H and O–H groups in total. The number of allylic oxidation sites excluding steroid dienone is 1. The fourth-order valence-electron chi connectivity index (χ4n) is 2.65. The van der Waals surface area contributed by atoms with Crippen LogP contribution < -0.4 is 9.64 Å². The summed E-state index contributed by atoms with van der Waals surface area (Å²) in [5.74, 6) is 0.886. The van der Waals surface area contributed by atoms with Gasteiger partial charge in [-0.15, -0.1) is 0 Å². The van der Waals surface area contributed by atoms with Gasteiger partial charge in [-0.3, -0.25) is 0 Å². The average Bonchev–Trinajstić information content (AvgIpc) is 2.59. The molecular formula is C16H23NO2. The number of methoxy groups -OCH3 is 1. The molecule has 0 saturated carbocycles. The molecule has 0 radical (unpaired) electrons. The maximum absolute atomic E-state index is 8.91. The Labute approximate surface area is 115 Å². The molecule has 3 heteroatoms. The Hall–Kier alpha value is -1.48. The van der Waals surface area contributed by atoms with Gasteiger partial charge in [0, 0.05) is 30.0 Å². The number of hydrogen-bond donors (Lipinski definition) is 1. The van der Waals surface area contributed by atoms with Crippen molar-refractivity contribution in [3.63, 3.8) is 0 Å². The Morgan fingerprint density at radius 1 is 1.32 bits per heavy atom. The van der Waals surface area contributed by atoms with Crippen LogP contribution in [0.3, 0.4) is 0 Å². The standard InChI is InChI=1S/C16H23NO2/c1-12-16(2,3)14-11-13(19-4)7-8-15(14)17(12)9-5-6-10-18/h7-8,11,18H,1,5-6,9-10H2,2-4H3. The smallest absolute Gasteiger partial charge is 0.119 e. The van der Waals surface area contributed by atoms with Gasteiger partial charge in [0.05, 0.1) is 7.11 Å². The molecule has 0 amide bonds. The molecule has 0 aliphatic carbocycles. The zero-order valence-electron chi connectivity index (χ0n) is 12.1. The molecule has 1 aliphatic rings. The van der Waals surface area contributed by atoms with E-state index in [2.05, 4.69) is 37.5 Å². The number of nitrogens with zero attached hydrogens (tertiary/aromatic N) is 1. The van der Waals surface area contributed by atoms with Crippen molar-refractivity contribution in [1.29, 1.82) is 0 Å². The van der Waals surface area contributed by atoms with E-state index in [0.717, 1.165) is 30.8 Å². The third-order valence-corrected chi connectivity index (χ3v) is 4.00. The first-order chi connectivity index (χ1) is 9.02. The molecule has 19 heavy (non-hydrogen) atoms. The minimum Gasteiger partial charge on any atom is -0.497 e. The van der Waals surface area contributed by atoms with Crippen LogP contribution in [0.2, 0.25) is 0 Å². The largest absolute Gasteiger partial charge is 0.497 e. The summed E-state index contributed by atoms with van der Waals surface area (Å²) in [7, 11) is 1.69. The van der Waals surface area contributed by atoms with Crippen molar-refractivity contribution in [3.8, 4) is 5.75 Å². The lowest BCUT2D eigenvalue weighted by Crippen LogP contribution is -2.26. The van der Waals surface area contributed by atoms with Crippen molar-refractivity contribution in [2.45, 2.75) is 32.1 Å². The molecule has 1 aromatic carbocycles. The van der Waals surface area contributed by atoms with Crippen LogP contribution in [-0.2, 0) is 5.41 Å². The molecular weight excluding hydrogens is 238 g/mol. The molecule has 0 unspecified atom stereocenters. The number of aliphatic hydroxyl groups is 1. The monoisotopic (exact) mass is 261 g/mol. The van der Waals surface area contributed by atoms with E-state index in [4.69, 9.17) is 9.84 Å². The molecule has 104 valence electrons. The SMILES string of the molecule is C=C1N(CCCCO)c2ccc(OC)cc2C1(C)C. The molecule has 3 nitrogen and oxygen atoms in total. The van der Waals surface area contributed by atoms with Crippen molar-refractivity contribution in [2.24, 2.45) is 0 Å². The second kappa shape index (κ2) is 5.25. The minimum atomic E-state index is -0.0664. The van der Waals surface area contributed by atoms with Crippen LogP contribution in [0.5, 0.6) is 5.75 Å². The third-order valence-electron chi connectivity index (χ3n) is 4.00. The highest BCUT2D eigenvalue weighted by Crippen LogP contribution is 2.48.